The van der Waals surface area contributed by atoms with Gasteiger partial charge in [0.05, 0.1) is 0 Å². The molecule has 0 saturated heterocycles. The van der Waals surface area contributed by atoms with Crippen molar-refractivity contribution in [2.45, 2.75) is 52.1 Å². The highest BCUT2D eigenvalue weighted by molar-refractivity contribution is 5.80. The molecular weight excluding hydrogens is 300 g/mol. The quantitative estimate of drug-likeness (QED) is 0.438. The van der Waals surface area contributed by atoms with Gasteiger partial charge in [-0.05, 0) is 24.0 Å². The third-order valence-corrected chi connectivity index (χ3v) is 4.35. The molecule has 0 unspecified atom stereocenters. The number of unbranched alkanes of at least 4 members (excludes halogenated alkanes) is 2. The first kappa shape index (κ1) is 18.3. The summed E-state index contributed by atoms with van der Waals surface area (Å²) in [5, 5.41) is 6.58. The van der Waals surface area contributed by atoms with Crippen LogP contribution in [0.25, 0.3) is 0 Å². The summed E-state index contributed by atoms with van der Waals surface area (Å²) in [6, 6.07) is 8.29. The zero-order valence-electron chi connectivity index (χ0n) is 15.0. The number of hydrogen-bond acceptors (Lipinski definition) is 2. The van der Waals surface area contributed by atoms with Crippen LogP contribution in [0.15, 0.2) is 29.3 Å². The number of carbonyl (C=O) groups is 1. The normalized spacial score (nSPS) is 13.8. The van der Waals surface area contributed by atoms with Crippen molar-refractivity contribution in [1.29, 1.82) is 0 Å². The Hall–Kier alpha value is -2.04. The molecule has 0 radical (unpaired) electrons. The van der Waals surface area contributed by atoms with Gasteiger partial charge >= 0.3 is 0 Å². The van der Waals surface area contributed by atoms with E-state index in [0.29, 0.717) is 6.42 Å². The summed E-state index contributed by atoms with van der Waals surface area (Å²) in [7, 11) is 1.78. The van der Waals surface area contributed by atoms with Crippen molar-refractivity contribution in [3.05, 3.63) is 35.4 Å². The lowest BCUT2D eigenvalue weighted by molar-refractivity contribution is -0.131. The molecule has 5 heteroatoms. The number of carbonyl (C=O) groups excluding carboxylic acids is 1. The SMILES string of the molecule is CCCCCNC(=NC)NCCCC(=O)N1Cc2ccccc2C1. The average Bonchev–Trinajstić information content (AvgIpc) is 3.04. The van der Waals surface area contributed by atoms with Crippen LogP contribution in [0.3, 0.4) is 0 Å². The minimum atomic E-state index is 0.235. The van der Waals surface area contributed by atoms with E-state index in [0.717, 1.165) is 45.0 Å². The number of fused-ring (bicyclic) bond motifs is 1. The number of guanidine groups is 1. The van der Waals surface area contributed by atoms with Crippen LogP contribution in [0.5, 0.6) is 0 Å². The molecule has 0 bridgehead atoms. The zero-order valence-corrected chi connectivity index (χ0v) is 15.0. The Morgan fingerprint density at radius 1 is 1.08 bits per heavy atom. The average molecular weight is 330 g/mol. The highest BCUT2D eigenvalue weighted by Gasteiger charge is 2.22. The molecule has 2 N–H and O–H groups in total. The van der Waals surface area contributed by atoms with Crippen molar-refractivity contribution in [3.63, 3.8) is 0 Å². The van der Waals surface area contributed by atoms with Gasteiger partial charge in [-0.25, -0.2) is 0 Å². The fourth-order valence-electron chi connectivity index (χ4n) is 2.92. The van der Waals surface area contributed by atoms with Gasteiger partial charge in [0.15, 0.2) is 5.96 Å². The molecule has 0 atom stereocenters. The van der Waals surface area contributed by atoms with E-state index >= 15 is 0 Å². The van der Waals surface area contributed by atoms with Gasteiger partial charge in [-0.3, -0.25) is 9.79 Å². The van der Waals surface area contributed by atoms with E-state index in [9.17, 15) is 4.79 Å². The van der Waals surface area contributed by atoms with E-state index in [-0.39, 0.29) is 5.91 Å². The Labute approximate surface area is 145 Å². The van der Waals surface area contributed by atoms with Crippen molar-refractivity contribution < 1.29 is 4.79 Å². The first-order valence-corrected chi connectivity index (χ1v) is 9.03. The van der Waals surface area contributed by atoms with Crippen LogP contribution in [0.4, 0.5) is 0 Å². The number of benzene rings is 1. The minimum Gasteiger partial charge on any atom is -0.356 e. The van der Waals surface area contributed by atoms with E-state index in [4.69, 9.17) is 0 Å². The number of aliphatic imine (C=N–C) groups is 1. The molecule has 5 nitrogen and oxygen atoms in total. The molecular formula is C19H30N4O. The lowest BCUT2D eigenvalue weighted by Crippen LogP contribution is -2.38. The van der Waals surface area contributed by atoms with E-state index < -0.39 is 0 Å². The Morgan fingerprint density at radius 2 is 1.71 bits per heavy atom. The molecule has 1 aromatic rings. The molecule has 0 saturated carbocycles. The number of rotatable bonds is 8. The maximum atomic E-state index is 12.3. The summed E-state index contributed by atoms with van der Waals surface area (Å²) in [4.78, 5) is 18.5. The first-order chi connectivity index (χ1) is 11.7. The summed E-state index contributed by atoms with van der Waals surface area (Å²) in [5.41, 5.74) is 2.56. The van der Waals surface area contributed by atoms with Gasteiger partial charge in [0.25, 0.3) is 0 Å². The van der Waals surface area contributed by atoms with Crippen molar-refractivity contribution in [3.8, 4) is 0 Å². The lowest BCUT2D eigenvalue weighted by Gasteiger charge is -2.16. The summed E-state index contributed by atoms with van der Waals surface area (Å²) in [5.74, 6) is 1.06. The van der Waals surface area contributed by atoms with Crippen LogP contribution in [0.1, 0.15) is 50.2 Å². The predicted octanol–water partition coefficient (Wildman–Crippen LogP) is 2.66. The lowest BCUT2D eigenvalue weighted by atomic mass is 10.1. The van der Waals surface area contributed by atoms with Crippen molar-refractivity contribution in [1.82, 2.24) is 15.5 Å². The van der Waals surface area contributed by atoms with E-state index in [2.05, 4.69) is 34.7 Å². The largest absolute Gasteiger partial charge is 0.356 e. The molecule has 1 amide bonds. The van der Waals surface area contributed by atoms with Gasteiger partial charge in [0.1, 0.15) is 0 Å². The van der Waals surface area contributed by atoms with Gasteiger partial charge in [-0.1, -0.05) is 44.0 Å². The number of nitrogens with zero attached hydrogens (tertiary/aromatic N) is 2. The highest BCUT2D eigenvalue weighted by atomic mass is 16.2. The number of hydrogen-bond donors (Lipinski definition) is 2. The Kier molecular flexibility index (Phi) is 7.59. The summed E-state index contributed by atoms with van der Waals surface area (Å²) < 4.78 is 0. The van der Waals surface area contributed by atoms with E-state index in [1.54, 1.807) is 7.05 Å². The third-order valence-electron chi connectivity index (χ3n) is 4.35. The number of nitrogens with one attached hydrogen (secondary N) is 2. The van der Waals surface area contributed by atoms with E-state index in [1.165, 1.54) is 24.0 Å². The molecule has 2 rings (SSSR count). The van der Waals surface area contributed by atoms with Crippen LogP contribution in [0.2, 0.25) is 0 Å². The second kappa shape index (κ2) is 9.96. The Morgan fingerprint density at radius 3 is 2.29 bits per heavy atom. The summed E-state index contributed by atoms with van der Waals surface area (Å²) >= 11 is 0. The van der Waals surface area contributed by atoms with Gasteiger partial charge in [0, 0.05) is 39.6 Å². The number of amides is 1. The van der Waals surface area contributed by atoms with Gasteiger partial charge < -0.3 is 15.5 Å². The second-order valence-corrected chi connectivity index (χ2v) is 6.25. The first-order valence-electron chi connectivity index (χ1n) is 9.03. The van der Waals surface area contributed by atoms with Crippen molar-refractivity contribution in [2.24, 2.45) is 4.99 Å². The van der Waals surface area contributed by atoms with Gasteiger partial charge in [0.2, 0.25) is 5.91 Å². The van der Waals surface area contributed by atoms with Crippen LogP contribution in [-0.2, 0) is 17.9 Å². The topological polar surface area (TPSA) is 56.7 Å². The fraction of sp³-hybridized carbons (Fsp3) is 0.579. The standard InChI is InChI=1S/C19H30N4O/c1-3-4-7-12-21-19(20-2)22-13-8-11-18(24)23-14-16-9-5-6-10-17(16)15-23/h5-6,9-10H,3-4,7-8,11-15H2,1-2H3,(H2,20,21,22). The maximum absolute atomic E-state index is 12.3. The van der Waals surface area contributed by atoms with E-state index in [1.807, 2.05) is 17.0 Å². The summed E-state index contributed by atoms with van der Waals surface area (Å²) in [6.07, 6.45) is 5.01. The van der Waals surface area contributed by atoms with Crippen LogP contribution in [0, 0.1) is 0 Å². The second-order valence-electron chi connectivity index (χ2n) is 6.25. The molecule has 1 aliphatic heterocycles. The maximum Gasteiger partial charge on any atom is 0.223 e. The van der Waals surface area contributed by atoms with Crippen LogP contribution >= 0.6 is 0 Å². The highest BCUT2D eigenvalue weighted by Crippen LogP contribution is 2.22. The minimum absolute atomic E-state index is 0.235. The fourth-order valence-corrected chi connectivity index (χ4v) is 2.92. The zero-order chi connectivity index (χ0) is 17.2. The molecule has 0 fully saturated rings. The van der Waals surface area contributed by atoms with Crippen molar-refractivity contribution >= 4 is 11.9 Å². The molecule has 1 heterocycles. The van der Waals surface area contributed by atoms with Gasteiger partial charge in [-0.15, -0.1) is 0 Å². The van der Waals surface area contributed by atoms with Gasteiger partial charge in [-0.2, -0.15) is 0 Å². The molecule has 1 aromatic carbocycles. The molecule has 0 spiro atoms. The van der Waals surface area contributed by atoms with Crippen LogP contribution in [-0.4, -0.2) is 36.9 Å². The molecule has 0 aliphatic carbocycles. The monoisotopic (exact) mass is 330 g/mol. The molecule has 1 aliphatic rings. The molecule has 132 valence electrons. The smallest absolute Gasteiger partial charge is 0.223 e. The summed E-state index contributed by atoms with van der Waals surface area (Å²) in [6.45, 7) is 5.41. The van der Waals surface area contributed by atoms with Crippen LogP contribution < -0.4 is 10.6 Å². The third kappa shape index (κ3) is 5.55. The predicted molar refractivity (Wildman–Crippen MR) is 98.8 cm³/mol. The van der Waals surface area contributed by atoms with Crippen molar-refractivity contribution in [2.75, 3.05) is 20.1 Å². The molecule has 0 aromatic heterocycles. The Bertz CT molecular complexity index is 531. The Balaban J connectivity index is 1.61. The molecule has 24 heavy (non-hydrogen) atoms.